The van der Waals surface area contributed by atoms with Gasteiger partial charge in [-0.2, -0.15) is 5.10 Å². The van der Waals surface area contributed by atoms with Crippen LogP contribution in [0.5, 0.6) is 0 Å². The van der Waals surface area contributed by atoms with Crippen molar-refractivity contribution in [2.45, 2.75) is 33.2 Å². The fraction of sp³-hybridized carbons (Fsp3) is 0.273. The maximum absolute atomic E-state index is 12.2. The number of amides is 1. The number of rotatable bonds is 4. The van der Waals surface area contributed by atoms with E-state index in [0.29, 0.717) is 15.6 Å². The van der Waals surface area contributed by atoms with Gasteiger partial charge < -0.3 is 4.90 Å². The summed E-state index contributed by atoms with van der Waals surface area (Å²) in [6.45, 7) is 9.49. The van der Waals surface area contributed by atoms with Crippen LogP contribution in [0.1, 0.15) is 49.2 Å². The molecule has 3 rings (SSSR count). The zero-order chi connectivity index (χ0) is 20.5. The molecule has 0 aromatic heterocycles. The van der Waals surface area contributed by atoms with Gasteiger partial charge in [0.05, 0.1) is 27.4 Å². The summed E-state index contributed by atoms with van der Waals surface area (Å²) in [4.78, 5) is 14.5. The molecule has 6 heteroatoms. The highest BCUT2D eigenvalue weighted by Gasteiger charge is 2.30. The minimum Gasteiger partial charge on any atom is -0.363 e. The van der Waals surface area contributed by atoms with Crippen LogP contribution in [0.4, 0.5) is 5.69 Å². The summed E-state index contributed by atoms with van der Waals surface area (Å²) >= 11 is 12.6. The summed E-state index contributed by atoms with van der Waals surface area (Å²) in [5.41, 5.74) is 6.95. The Morgan fingerprint density at radius 1 is 1.21 bits per heavy atom. The van der Waals surface area contributed by atoms with Gasteiger partial charge in [-0.25, -0.2) is 5.43 Å². The van der Waals surface area contributed by atoms with Gasteiger partial charge in [0, 0.05) is 23.4 Å². The van der Waals surface area contributed by atoms with E-state index in [2.05, 4.69) is 49.2 Å². The fourth-order valence-electron chi connectivity index (χ4n) is 3.66. The van der Waals surface area contributed by atoms with Gasteiger partial charge in [-0.1, -0.05) is 41.4 Å². The van der Waals surface area contributed by atoms with E-state index in [1.807, 2.05) is 12.1 Å². The molecule has 2 aromatic carbocycles. The van der Waals surface area contributed by atoms with Gasteiger partial charge in [-0.05, 0) is 57.5 Å². The molecule has 0 bridgehead atoms. The number of halogens is 2. The molecule has 1 aliphatic heterocycles. The van der Waals surface area contributed by atoms with E-state index in [-0.39, 0.29) is 11.4 Å². The molecule has 28 heavy (non-hydrogen) atoms. The standard InChI is InChI=1S/C22H23Cl2N3O/c1-5-27-20-11-19(24)15(10-17(20)14(2)12-22(27,3)4)13-25-26-21(28)16-8-6-7-9-18(16)23/h6-13H,5H2,1-4H3,(H,26,28)/b25-13-. The van der Waals surface area contributed by atoms with Crippen LogP contribution in [0, 0.1) is 0 Å². The molecule has 0 saturated carbocycles. The maximum Gasteiger partial charge on any atom is 0.272 e. The largest absolute Gasteiger partial charge is 0.363 e. The number of anilines is 1. The zero-order valence-electron chi connectivity index (χ0n) is 16.4. The third kappa shape index (κ3) is 3.94. The Morgan fingerprint density at radius 2 is 1.93 bits per heavy atom. The lowest BCUT2D eigenvalue weighted by atomic mass is 9.88. The Balaban J connectivity index is 1.87. The second kappa shape index (κ2) is 7.98. The maximum atomic E-state index is 12.2. The van der Waals surface area contributed by atoms with Crippen LogP contribution in [0.3, 0.4) is 0 Å². The first-order valence-electron chi connectivity index (χ1n) is 9.13. The average molecular weight is 416 g/mol. The van der Waals surface area contributed by atoms with Crippen molar-refractivity contribution in [3.05, 3.63) is 69.2 Å². The van der Waals surface area contributed by atoms with Crippen LogP contribution in [-0.4, -0.2) is 24.2 Å². The Labute approximate surface area is 175 Å². The Hall–Kier alpha value is -2.30. The number of hydrazone groups is 1. The minimum atomic E-state index is -0.370. The summed E-state index contributed by atoms with van der Waals surface area (Å²) in [6.07, 6.45) is 3.81. The number of nitrogens with zero attached hydrogens (tertiary/aromatic N) is 2. The van der Waals surface area contributed by atoms with Gasteiger partial charge in [0.1, 0.15) is 0 Å². The van der Waals surface area contributed by atoms with Crippen molar-refractivity contribution in [2.24, 2.45) is 5.10 Å². The van der Waals surface area contributed by atoms with Crippen molar-refractivity contribution in [3.8, 4) is 0 Å². The molecule has 0 fully saturated rings. The van der Waals surface area contributed by atoms with E-state index in [1.54, 1.807) is 30.5 Å². The van der Waals surface area contributed by atoms with Gasteiger partial charge in [0.25, 0.3) is 5.91 Å². The number of nitrogens with one attached hydrogen (secondary N) is 1. The third-order valence-corrected chi connectivity index (χ3v) is 5.56. The molecular formula is C22H23Cl2N3O. The van der Waals surface area contributed by atoms with Gasteiger partial charge >= 0.3 is 0 Å². The van der Waals surface area contributed by atoms with Crippen molar-refractivity contribution < 1.29 is 4.79 Å². The van der Waals surface area contributed by atoms with E-state index >= 15 is 0 Å². The molecular weight excluding hydrogens is 393 g/mol. The number of benzene rings is 2. The highest BCUT2D eigenvalue weighted by atomic mass is 35.5. The first-order chi connectivity index (χ1) is 13.2. The highest BCUT2D eigenvalue weighted by Crippen LogP contribution is 2.40. The summed E-state index contributed by atoms with van der Waals surface area (Å²) in [5, 5.41) is 5.02. The lowest BCUT2D eigenvalue weighted by Gasteiger charge is -2.43. The van der Waals surface area contributed by atoms with E-state index in [1.165, 1.54) is 5.57 Å². The fourth-order valence-corrected chi connectivity index (χ4v) is 4.09. The van der Waals surface area contributed by atoms with Crippen molar-refractivity contribution in [3.63, 3.8) is 0 Å². The Kier molecular flexibility index (Phi) is 5.82. The second-order valence-electron chi connectivity index (χ2n) is 7.30. The number of fused-ring (bicyclic) bond motifs is 1. The number of hydrogen-bond donors (Lipinski definition) is 1. The SMILES string of the molecule is CCN1c2cc(Cl)c(/C=N\NC(=O)c3ccccc3Cl)cc2C(C)=CC1(C)C. The molecule has 0 saturated heterocycles. The Bertz CT molecular complexity index is 980. The van der Waals surface area contributed by atoms with Crippen LogP contribution >= 0.6 is 23.2 Å². The third-order valence-electron chi connectivity index (χ3n) is 4.90. The monoisotopic (exact) mass is 415 g/mol. The summed E-state index contributed by atoms with van der Waals surface area (Å²) < 4.78 is 0. The van der Waals surface area contributed by atoms with Crippen LogP contribution in [0.15, 0.2) is 47.6 Å². The predicted octanol–water partition coefficient (Wildman–Crippen LogP) is 5.78. The van der Waals surface area contributed by atoms with Crippen molar-refractivity contribution >= 4 is 46.6 Å². The molecule has 1 aliphatic rings. The molecule has 146 valence electrons. The number of carbonyl (C=O) groups excluding carboxylic acids is 1. The van der Waals surface area contributed by atoms with Crippen molar-refractivity contribution in [1.82, 2.24) is 5.43 Å². The molecule has 0 radical (unpaired) electrons. The molecule has 0 atom stereocenters. The summed E-state index contributed by atoms with van der Waals surface area (Å²) in [5.74, 6) is -0.370. The molecule has 0 unspecified atom stereocenters. The normalized spacial score (nSPS) is 15.4. The summed E-state index contributed by atoms with van der Waals surface area (Å²) in [7, 11) is 0. The van der Waals surface area contributed by atoms with Gasteiger partial charge in [0.15, 0.2) is 0 Å². The lowest BCUT2D eigenvalue weighted by molar-refractivity contribution is 0.0955. The first kappa shape index (κ1) is 20.4. The van der Waals surface area contributed by atoms with Crippen LogP contribution < -0.4 is 10.3 Å². The predicted molar refractivity (Wildman–Crippen MR) is 119 cm³/mol. The number of hydrogen-bond acceptors (Lipinski definition) is 3. The van der Waals surface area contributed by atoms with E-state index in [4.69, 9.17) is 23.2 Å². The van der Waals surface area contributed by atoms with Crippen molar-refractivity contribution in [2.75, 3.05) is 11.4 Å². The minimum absolute atomic E-state index is 0.0757. The average Bonchev–Trinajstić information content (AvgIpc) is 2.62. The van der Waals surface area contributed by atoms with Gasteiger partial charge in [-0.15, -0.1) is 0 Å². The van der Waals surface area contributed by atoms with Gasteiger partial charge in [-0.3, -0.25) is 4.79 Å². The van der Waals surface area contributed by atoms with E-state index in [9.17, 15) is 4.79 Å². The molecule has 1 amide bonds. The number of allylic oxidation sites excluding steroid dienone is 1. The molecule has 2 aromatic rings. The second-order valence-corrected chi connectivity index (χ2v) is 8.11. The van der Waals surface area contributed by atoms with Gasteiger partial charge in [0.2, 0.25) is 0 Å². The molecule has 0 aliphatic carbocycles. The quantitative estimate of drug-likeness (QED) is 0.507. The van der Waals surface area contributed by atoms with Crippen LogP contribution in [0.2, 0.25) is 10.0 Å². The molecule has 0 spiro atoms. The van der Waals surface area contributed by atoms with Crippen molar-refractivity contribution in [1.29, 1.82) is 0 Å². The smallest absolute Gasteiger partial charge is 0.272 e. The zero-order valence-corrected chi connectivity index (χ0v) is 17.9. The topological polar surface area (TPSA) is 44.7 Å². The summed E-state index contributed by atoms with van der Waals surface area (Å²) in [6, 6.07) is 10.8. The molecule has 1 N–H and O–H groups in total. The molecule has 4 nitrogen and oxygen atoms in total. The number of carbonyl (C=O) groups is 1. The Morgan fingerprint density at radius 3 is 2.61 bits per heavy atom. The van der Waals surface area contributed by atoms with E-state index in [0.717, 1.165) is 23.4 Å². The lowest BCUT2D eigenvalue weighted by Crippen LogP contribution is -2.44. The van der Waals surface area contributed by atoms with Crippen LogP contribution in [0.25, 0.3) is 5.57 Å². The van der Waals surface area contributed by atoms with Crippen LogP contribution in [-0.2, 0) is 0 Å². The number of likely N-dealkylation sites (N-methyl/N-ethyl adjacent to an activating group) is 1. The first-order valence-corrected chi connectivity index (χ1v) is 9.89. The molecule has 1 heterocycles. The van der Waals surface area contributed by atoms with E-state index < -0.39 is 0 Å². The highest BCUT2D eigenvalue weighted by molar-refractivity contribution is 6.34.